The third-order valence-electron chi connectivity index (χ3n) is 7.00. The number of carbonyl (C=O) groups is 2. The molecule has 1 aromatic heterocycles. The summed E-state index contributed by atoms with van der Waals surface area (Å²) in [5, 5.41) is 16.7. The zero-order valence-electron chi connectivity index (χ0n) is 20.2. The maximum Gasteiger partial charge on any atom is 0.272 e. The molecule has 0 spiro atoms. The van der Waals surface area contributed by atoms with Crippen LogP contribution in [0.1, 0.15) is 38.4 Å². The normalized spacial score (nSPS) is 19.9. The number of β-amino-alcohol motifs (C(OH)–C–C–N with tert-alkyl or cyclic N) is 1. The van der Waals surface area contributed by atoms with Crippen molar-refractivity contribution in [1.29, 1.82) is 0 Å². The third kappa shape index (κ3) is 5.07. The maximum absolute atomic E-state index is 13.2. The molecule has 2 aliphatic rings. The zero-order chi connectivity index (χ0) is 25.1. The second kappa shape index (κ2) is 10.4. The summed E-state index contributed by atoms with van der Waals surface area (Å²) in [5.74, 6) is 0.0906. The van der Waals surface area contributed by atoms with Crippen LogP contribution < -0.4 is 10.6 Å². The third-order valence-corrected chi connectivity index (χ3v) is 7.00. The number of piperidine rings is 1. The van der Waals surface area contributed by atoms with Gasteiger partial charge in [0.15, 0.2) is 0 Å². The fourth-order valence-corrected chi connectivity index (χ4v) is 5.03. The highest BCUT2D eigenvalue weighted by molar-refractivity contribution is 5.94. The van der Waals surface area contributed by atoms with Gasteiger partial charge in [-0.25, -0.2) is 9.97 Å². The van der Waals surface area contributed by atoms with Crippen LogP contribution in [0.2, 0.25) is 0 Å². The smallest absolute Gasteiger partial charge is 0.272 e. The summed E-state index contributed by atoms with van der Waals surface area (Å²) in [6.45, 7) is 2.58. The molecule has 186 valence electrons. The van der Waals surface area contributed by atoms with Crippen LogP contribution in [-0.4, -0.2) is 75.5 Å². The molecule has 2 amide bonds. The number of anilines is 2. The maximum atomic E-state index is 13.2. The number of likely N-dealkylation sites (tertiary alicyclic amines) is 1. The van der Waals surface area contributed by atoms with Crippen LogP contribution in [0.4, 0.5) is 11.5 Å². The highest BCUT2D eigenvalue weighted by Gasteiger charge is 2.35. The van der Waals surface area contributed by atoms with E-state index < -0.39 is 6.10 Å². The Bertz CT molecular complexity index is 1250. The number of aliphatic hydroxyl groups is 1. The SMILES string of the molecule is CNC(=O)c1ccc(Nc2cc(C(=O)N3CC[C@@H](N4CCc5ccccc5C4)[C@H](O)C3)ncn2)cc1. The Hall–Kier alpha value is -3.82. The lowest BCUT2D eigenvalue weighted by Crippen LogP contribution is -2.56. The number of benzene rings is 2. The molecule has 36 heavy (non-hydrogen) atoms. The molecule has 2 atom stereocenters. The summed E-state index contributed by atoms with van der Waals surface area (Å²) < 4.78 is 0. The topological polar surface area (TPSA) is 111 Å². The van der Waals surface area contributed by atoms with Gasteiger partial charge in [-0.05, 0) is 48.2 Å². The quantitative estimate of drug-likeness (QED) is 0.507. The number of nitrogens with zero attached hydrogens (tertiary/aromatic N) is 4. The molecule has 0 radical (unpaired) electrons. The molecule has 3 heterocycles. The monoisotopic (exact) mass is 486 g/mol. The summed E-state index contributed by atoms with van der Waals surface area (Å²) >= 11 is 0. The minimum atomic E-state index is -0.619. The van der Waals surface area contributed by atoms with E-state index in [0.29, 0.717) is 24.3 Å². The molecule has 2 aliphatic heterocycles. The van der Waals surface area contributed by atoms with Gasteiger partial charge in [0, 0.05) is 56.6 Å². The highest BCUT2D eigenvalue weighted by atomic mass is 16.3. The van der Waals surface area contributed by atoms with Gasteiger partial charge in [-0.15, -0.1) is 0 Å². The summed E-state index contributed by atoms with van der Waals surface area (Å²) in [7, 11) is 1.59. The van der Waals surface area contributed by atoms with Gasteiger partial charge in [-0.2, -0.15) is 0 Å². The molecule has 0 unspecified atom stereocenters. The van der Waals surface area contributed by atoms with E-state index in [9.17, 15) is 14.7 Å². The molecule has 5 rings (SSSR count). The Morgan fingerprint density at radius 1 is 1.03 bits per heavy atom. The number of fused-ring (bicyclic) bond motifs is 1. The summed E-state index contributed by atoms with van der Waals surface area (Å²) in [6.07, 6.45) is 2.42. The molecular formula is C27H30N6O3. The predicted octanol–water partition coefficient (Wildman–Crippen LogP) is 2.21. The second-order valence-electron chi connectivity index (χ2n) is 9.23. The standard InChI is InChI=1S/C27H30N6O3/c1-28-26(35)19-6-8-21(9-7-19)31-25-14-22(29-17-30-25)27(36)33-13-11-23(24(34)16-33)32-12-10-18-4-2-3-5-20(18)15-32/h2-9,14,17,23-24,34H,10-13,15-16H2,1H3,(H,28,35)(H,29,30,31)/t23-,24-/m1/s1. The zero-order valence-corrected chi connectivity index (χ0v) is 20.2. The largest absolute Gasteiger partial charge is 0.390 e. The van der Waals surface area contributed by atoms with Gasteiger partial charge in [0.25, 0.3) is 11.8 Å². The number of amides is 2. The number of aliphatic hydroxyl groups excluding tert-OH is 1. The first-order valence-electron chi connectivity index (χ1n) is 12.2. The van der Waals surface area contributed by atoms with E-state index in [1.54, 1.807) is 42.3 Å². The van der Waals surface area contributed by atoms with Crippen molar-refractivity contribution < 1.29 is 14.7 Å². The first-order chi connectivity index (χ1) is 17.5. The summed E-state index contributed by atoms with van der Waals surface area (Å²) in [5.41, 5.74) is 4.26. The van der Waals surface area contributed by atoms with Gasteiger partial charge in [0.05, 0.1) is 6.10 Å². The second-order valence-corrected chi connectivity index (χ2v) is 9.23. The van der Waals surface area contributed by atoms with Crippen LogP contribution in [0.25, 0.3) is 0 Å². The van der Waals surface area contributed by atoms with Crippen LogP contribution in [0.3, 0.4) is 0 Å². The molecule has 0 saturated carbocycles. The van der Waals surface area contributed by atoms with Crippen LogP contribution in [0, 0.1) is 0 Å². The van der Waals surface area contributed by atoms with Crippen molar-refractivity contribution in [3.63, 3.8) is 0 Å². The Morgan fingerprint density at radius 2 is 1.81 bits per heavy atom. The molecule has 2 aromatic carbocycles. The first-order valence-corrected chi connectivity index (χ1v) is 12.2. The van der Waals surface area contributed by atoms with Gasteiger partial charge in [0.1, 0.15) is 17.8 Å². The van der Waals surface area contributed by atoms with E-state index >= 15 is 0 Å². The van der Waals surface area contributed by atoms with Crippen LogP contribution in [0.5, 0.6) is 0 Å². The van der Waals surface area contributed by atoms with Crippen molar-refractivity contribution in [3.05, 3.63) is 83.3 Å². The van der Waals surface area contributed by atoms with E-state index in [1.165, 1.54) is 17.5 Å². The van der Waals surface area contributed by atoms with Crippen LogP contribution in [-0.2, 0) is 13.0 Å². The Balaban J connectivity index is 1.21. The Morgan fingerprint density at radius 3 is 2.56 bits per heavy atom. The number of aromatic nitrogens is 2. The molecule has 0 bridgehead atoms. The van der Waals surface area contributed by atoms with Crippen molar-refractivity contribution in [2.24, 2.45) is 0 Å². The minimum Gasteiger partial charge on any atom is -0.390 e. The van der Waals surface area contributed by atoms with E-state index in [0.717, 1.165) is 25.2 Å². The summed E-state index contributed by atoms with van der Waals surface area (Å²) in [4.78, 5) is 37.3. The Kier molecular flexibility index (Phi) is 6.92. The number of hydrogen-bond donors (Lipinski definition) is 3. The van der Waals surface area contributed by atoms with Gasteiger partial charge in [-0.3, -0.25) is 14.5 Å². The lowest BCUT2D eigenvalue weighted by Gasteiger charge is -2.43. The minimum absolute atomic E-state index is 0.0304. The van der Waals surface area contributed by atoms with Gasteiger partial charge >= 0.3 is 0 Å². The molecule has 0 aliphatic carbocycles. The summed E-state index contributed by atoms with van der Waals surface area (Å²) in [6, 6.07) is 17.1. The molecule has 3 aromatic rings. The van der Waals surface area contributed by atoms with E-state index in [1.807, 2.05) is 0 Å². The molecule has 1 saturated heterocycles. The van der Waals surface area contributed by atoms with Crippen molar-refractivity contribution in [2.45, 2.75) is 31.5 Å². The van der Waals surface area contributed by atoms with Crippen molar-refractivity contribution in [3.8, 4) is 0 Å². The van der Waals surface area contributed by atoms with Crippen molar-refractivity contribution in [2.75, 3.05) is 32.0 Å². The highest BCUT2D eigenvalue weighted by Crippen LogP contribution is 2.26. The van der Waals surface area contributed by atoms with Crippen LogP contribution in [0.15, 0.2) is 60.9 Å². The average molecular weight is 487 g/mol. The average Bonchev–Trinajstić information content (AvgIpc) is 2.92. The fourth-order valence-electron chi connectivity index (χ4n) is 5.03. The molecule has 3 N–H and O–H groups in total. The van der Waals surface area contributed by atoms with Crippen molar-refractivity contribution in [1.82, 2.24) is 25.1 Å². The van der Waals surface area contributed by atoms with E-state index in [-0.39, 0.29) is 30.1 Å². The lowest BCUT2D eigenvalue weighted by molar-refractivity contribution is -0.0139. The lowest BCUT2D eigenvalue weighted by atomic mass is 9.94. The predicted molar refractivity (Wildman–Crippen MR) is 136 cm³/mol. The van der Waals surface area contributed by atoms with Crippen molar-refractivity contribution >= 4 is 23.3 Å². The van der Waals surface area contributed by atoms with Crippen LogP contribution >= 0.6 is 0 Å². The molecule has 9 heteroatoms. The number of nitrogens with one attached hydrogen (secondary N) is 2. The molecule has 1 fully saturated rings. The van der Waals surface area contributed by atoms with Gasteiger partial charge < -0.3 is 20.6 Å². The fraction of sp³-hybridized carbons (Fsp3) is 0.333. The Labute approximate surface area is 210 Å². The first kappa shape index (κ1) is 23.9. The van der Waals surface area contributed by atoms with E-state index in [2.05, 4.69) is 49.8 Å². The molecular weight excluding hydrogens is 456 g/mol. The van der Waals surface area contributed by atoms with Gasteiger partial charge in [0.2, 0.25) is 0 Å². The van der Waals surface area contributed by atoms with Gasteiger partial charge in [-0.1, -0.05) is 24.3 Å². The number of rotatable bonds is 5. The molecule has 9 nitrogen and oxygen atoms in total. The number of hydrogen-bond acceptors (Lipinski definition) is 7. The van der Waals surface area contributed by atoms with E-state index in [4.69, 9.17) is 0 Å². The number of carbonyl (C=O) groups excluding carboxylic acids is 2.